The van der Waals surface area contributed by atoms with Crippen LogP contribution in [0.3, 0.4) is 0 Å². The molecule has 0 spiro atoms. The van der Waals surface area contributed by atoms with Gasteiger partial charge < -0.3 is 15.1 Å². The van der Waals surface area contributed by atoms with E-state index in [-0.39, 0.29) is 13.0 Å². The van der Waals surface area contributed by atoms with Gasteiger partial charge in [0.2, 0.25) is 0 Å². The number of hydrogen-bond acceptors (Lipinski definition) is 3. The van der Waals surface area contributed by atoms with Crippen LogP contribution < -0.4 is 10.2 Å². The van der Waals surface area contributed by atoms with Crippen molar-refractivity contribution >= 4 is 17.5 Å². The fraction of sp³-hybridized carbons (Fsp3) is 0.625. The molecule has 1 saturated heterocycles. The number of aromatic nitrogens is 1. The van der Waals surface area contributed by atoms with E-state index < -0.39 is 18.1 Å². The number of likely N-dealkylation sites (tertiary alicyclic amines) is 1. The molecule has 0 bridgehead atoms. The Hall–Kier alpha value is -1.99. The van der Waals surface area contributed by atoms with Crippen molar-refractivity contribution in [2.75, 3.05) is 36.4 Å². The van der Waals surface area contributed by atoms with Crippen molar-refractivity contribution in [1.29, 1.82) is 0 Å². The molecular weight excluding hydrogens is 321 g/mol. The lowest BCUT2D eigenvalue weighted by atomic mass is 9.98. The summed E-state index contributed by atoms with van der Waals surface area (Å²) in [5.41, 5.74) is 0.477. The number of nitrogens with zero attached hydrogens (tertiary/aromatic N) is 3. The summed E-state index contributed by atoms with van der Waals surface area (Å²) in [6, 6.07) is 2.99. The Balaban J connectivity index is 1.96. The van der Waals surface area contributed by atoms with E-state index in [2.05, 4.69) is 15.2 Å². The molecule has 1 aliphatic heterocycles. The molecule has 0 aliphatic carbocycles. The van der Waals surface area contributed by atoms with Gasteiger partial charge in [0.1, 0.15) is 5.82 Å². The number of pyridine rings is 1. The Morgan fingerprint density at radius 2 is 2.08 bits per heavy atom. The summed E-state index contributed by atoms with van der Waals surface area (Å²) >= 11 is 0. The summed E-state index contributed by atoms with van der Waals surface area (Å²) in [4.78, 5) is 19.7. The van der Waals surface area contributed by atoms with Crippen molar-refractivity contribution in [3.05, 3.63) is 18.3 Å². The number of nitrogens with one attached hydrogen (secondary N) is 1. The Bertz CT molecular complexity index is 543. The van der Waals surface area contributed by atoms with Crippen LogP contribution in [0.15, 0.2) is 18.3 Å². The van der Waals surface area contributed by atoms with Crippen molar-refractivity contribution in [2.24, 2.45) is 5.92 Å². The van der Waals surface area contributed by atoms with E-state index in [4.69, 9.17) is 0 Å². The van der Waals surface area contributed by atoms with Gasteiger partial charge in [0.15, 0.2) is 0 Å². The first kappa shape index (κ1) is 18.4. The van der Waals surface area contributed by atoms with E-state index in [1.807, 2.05) is 13.8 Å². The first-order valence-electron chi connectivity index (χ1n) is 8.18. The number of amides is 2. The first-order valence-corrected chi connectivity index (χ1v) is 8.18. The zero-order chi connectivity index (χ0) is 17.7. The monoisotopic (exact) mass is 344 g/mol. The smallest absolute Gasteiger partial charge is 0.357 e. The molecule has 1 aromatic rings. The quantitative estimate of drug-likeness (QED) is 0.905. The maximum absolute atomic E-state index is 12.8. The van der Waals surface area contributed by atoms with Crippen molar-refractivity contribution in [1.82, 2.24) is 9.88 Å². The van der Waals surface area contributed by atoms with Gasteiger partial charge in [-0.1, -0.05) is 0 Å². The summed E-state index contributed by atoms with van der Waals surface area (Å²) in [5, 5.41) is 2.62. The molecule has 0 aromatic carbocycles. The van der Waals surface area contributed by atoms with Crippen molar-refractivity contribution in [2.45, 2.75) is 32.9 Å². The predicted octanol–water partition coefficient (Wildman–Crippen LogP) is 3.73. The minimum atomic E-state index is -4.26. The molecule has 1 N–H and O–H groups in total. The summed E-state index contributed by atoms with van der Waals surface area (Å²) in [7, 11) is 0. The summed E-state index contributed by atoms with van der Waals surface area (Å²) in [6.45, 7) is 5.73. The highest BCUT2D eigenvalue weighted by Crippen LogP contribution is 2.33. The Labute approximate surface area is 139 Å². The largest absolute Gasteiger partial charge is 0.393 e. The fourth-order valence-electron chi connectivity index (χ4n) is 2.83. The highest BCUT2D eigenvalue weighted by Gasteiger charge is 2.42. The van der Waals surface area contributed by atoms with Gasteiger partial charge in [0.25, 0.3) is 0 Å². The molecule has 1 atom stereocenters. The molecule has 2 amide bonds. The van der Waals surface area contributed by atoms with E-state index in [1.165, 1.54) is 11.1 Å². The van der Waals surface area contributed by atoms with Gasteiger partial charge in [-0.25, -0.2) is 9.78 Å². The summed E-state index contributed by atoms with van der Waals surface area (Å²) in [6.07, 6.45) is -2.30. The Morgan fingerprint density at radius 1 is 1.38 bits per heavy atom. The molecular formula is C16H23F3N4O. The normalized spacial score (nSPS) is 18.4. The van der Waals surface area contributed by atoms with Crippen LogP contribution in [0.25, 0.3) is 0 Å². The zero-order valence-electron chi connectivity index (χ0n) is 13.9. The van der Waals surface area contributed by atoms with Crippen LogP contribution in [0, 0.1) is 5.92 Å². The van der Waals surface area contributed by atoms with Crippen LogP contribution in [-0.4, -0.2) is 48.3 Å². The Morgan fingerprint density at radius 3 is 2.62 bits per heavy atom. The van der Waals surface area contributed by atoms with Crippen LogP contribution in [0.1, 0.15) is 26.7 Å². The number of carbonyl (C=O) groups excluding carboxylic acids is 1. The second-order valence-electron chi connectivity index (χ2n) is 5.83. The number of anilines is 2. The highest BCUT2D eigenvalue weighted by molar-refractivity contribution is 5.89. The fourth-order valence-corrected chi connectivity index (χ4v) is 2.83. The number of urea groups is 1. The minimum absolute atomic E-state index is 0.0768. The number of alkyl halides is 3. The van der Waals surface area contributed by atoms with E-state index in [0.717, 1.165) is 18.9 Å². The lowest BCUT2D eigenvalue weighted by Gasteiger charge is -2.33. The first-order chi connectivity index (χ1) is 11.3. The van der Waals surface area contributed by atoms with Crippen molar-refractivity contribution < 1.29 is 18.0 Å². The molecule has 8 heteroatoms. The SMILES string of the molecule is CCN(CC)c1ccc(NC(=O)N2CCC[C@@H](C(F)(F)F)C2)cn1. The summed E-state index contributed by atoms with van der Waals surface area (Å²) in [5.74, 6) is -0.645. The lowest BCUT2D eigenvalue weighted by Crippen LogP contribution is -2.46. The van der Waals surface area contributed by atoms with Gasteiger partial charge in [-0.15, -0.1) is 0 Å². The average molecular weight is 344 g/mol. The van der Waals surface area contributed by atoms with E-state index in [9.17, 15) is 18.0 Å². The molecule has 2 rings (SSSR count). The minimum Gasteiger partial charge on any atom is -0.357 e. The molecule has 1 fully saturated rings. The number of piperidine rings is 1. The van der Waals surface area contributed by atoms with E-state index in [0.29, 0.717) is 18.7 Å². The average Bonchev–Trinajstić information content (AvgIpc) is 2.57. The standard InChI is InChI=1S/C16H23F3N4O/c1-3-22(4-2)14-8-7-13(10-20-14)21-15(24)23-9-5-6-12(11-23)16(17,18)19/h7-8,10,12H,3-6,9,11H2,1-2H3,(H,21,24)/t12-/m1/s1. The maximum atomic E-state index is 12.8. The molecule has 24 heavy (non-hydrogen) atoms. The number of carbonyl (C=O) groups is 1. The number of rotatable bonds is 4. The van der Waals surface area contributed by atoms with Crippen LogP contribution >= 0.6 is 0 Å². The van der Waals surface area contributed by atoms with Crippen LogP contribution in [0.5, 0.6) is 0 Å². The molecule has 2 heterocycles. The molecule has 0 radical (unpaired) electrons. The molecule has 0 saturated carbocycles. The van der Waals surface area contributed by atoms with E-state index >= 15 is 0 Å². The summed E-state index contributed by atoms with van der Waals surface area (Å²) < 4.78 is 38.5. The van der Waals surface area contributed by atoms with Gasteiger partial charge in [-0.3, -0.25) is 0 Å². The molecule has 134 valence electrons. The number of hydrogen-bond donors (Lipinski definition) is 1. The third-order valence-corrected chi connectivity index (χ3v) is 4.26. The van der Waals surface area contributed by atoms with Gasteiger partial charge >= 0.3 is 12.2 Å². The third kappa shape index (κ3) is 4.52. The highest BCUT2D eigenvalue weighted by atomic mass is 19.4. The van der Waals surface area contributed by atoms with Gasteiger partial charge in [0.05, 0.1) is 17.8 Å². The zero-order valence-corrected chi connectivity index (χ0v) is 13.9. The lowest BCUT2D eigenvalue weighted by molar-refractivity contribution is -0.183. The molecule has 1 aromatic heterocycles. The second kappa shape index (κ2) is 7.72. The molecule has 1 aliphatic rings. The topological polar surface area (TPSA) is 48.5 Å². The van der Waals surface area contributed by atoms with Crippen LogP contribution in [0.2, 0.25) is 0 Å². The van der Waals surface area contributed by atoms with Crippen LogP contribution in [-0.2, 0) is 0 Å². The second-order valence-corrected chi connectivity index (χ2v) is 5.83. The van der Waals surface area contributed by atoms with Crippen molar-refractivity contribution in [3.63, 3.8) is 0 Å². The predicted molar refractivity (Wildman–Crippen MR) is 87.2 cm³/mol. The Kier molecular flexibility index (Phi) is 5.90. The molecule has 0 unspecified atom stereocenters. The number of halogens is 3. The molecule has 5 nitrogen and oxygen atoms in total. The van der Waals surface area contributed by atoms with Gasteiger partial charge in [-0.2, -0.15) is 13.2 Å². The van der Waals surface area contributed by atoms with E-state index in [1.54, 1.807) is 12.1 Å². The third-order valence-electron chi connectivity index (χ3n) is 4.26. The van der Waals surface area contributed by atoms with Gasteiger partial charge in [-0.05, 0) is 38.8 Å². The maximum Gasteiger partial charge on any atom is 0.393 e. The van der Waals surface area contributed by atoms with Crippen LogP contribution in [0.4, 0.5) is 29.5 Å². The van der Waals surface area contributed by atoms with Crippen molar-refractivity contribution in [3.8, 4) is 0 Å². The van der Waals surface area contributed by atoms with Gasteiger partial charge in [0, 0.05) is 26.2 Å².